The van der Waals surface area contributed by atoms with Gasteiger partial charge < -0.3 is 0 Å². The fourth-order valence-electron chi connectivity index (χ4n) is 7.43. The van der Waals surface area contributed by atoms with Crippen LogP contribution in [0.3, 0.4) is 0 Å². The first-order chi connectivity index (χ1) is 21.6. The zero-order chi connectivity index (χ0) is 29.4. The summed E-state index contributed by atoms with van der Waals surface area (Å²) >= 11 is 0. The standard InChI is InChI=1S/C41H29N3/c1-41(2)34-23-22-32-31-14-8-9-15-36(31)44(39(32)37(34)33-21-20-28-12-6-7-13-30(28)38(33)41)40-42-25-24-35(43-40)29-18-16-27(17-19-29)26-10-4-3-5-11-26/h3-25H,1-2H3. The van der Waals surface area contributed by atoms with E-state index in [0.717, 1.165) is 16.8 Å². The molecule has 3 nitrogen and oxygen atoms in total. The van der Waals surface area contributed by atoms with Crippen LogP contribution < -0.4 is 0 Å². The number of para-hydroxylation sites is 1. The molecular weight excluding hydrogens is 534 g/mol. The van der Waals surface area contributed by atoms with Crippen LogP contribution in [-0.4, -0.2) is 14.5 Å². The summed E-state index contributed by atoms with van der Waals surface area (Å²) in [6.45, 7) is 4.72. The van der Waals surface area contributed by atoms with Crippen LogP contribution in [0.2, 0.25) is 0 Å². The van der Waals surface area contributed by atoms with Gasteiger partial charge in [-0.1, -0.05) is 135 Å². The summed E-state index contributed by atoms with van der Waals surface area (Å²) in [7, 11) is 0. The van der Waals surface area contributed by atoms with Gasteiger partial charge in [-0.25, -0.2) is 9.97 Å². The number of nitrogens with zero attached hydrogens (tertiary/aromatic N) is 3. The Labute approximate surface area is 256 Å². The molecule has 6 aromatic carbocycles. The van der Waals surface area contributed by atoms with Crippen LogP contribution in [0.15, 0.2) is 140 Å². The van der Waals surface area contributed by atoms with E-state index in [4.69, 9.17) is 9.97 Å². The second-order valence-corrected chi connectivity index (χ2v) is 12.3. The van der Waals surface area contributed by atoms with Crippen molar-refractivity contribution in [1.82, 2.24) is 14.5 Å². The van der Waals surface area contributed by atoms with E-state index in [1.54, 1.807) is 0 Å². The first-order valence-electron chi connectivity index (χ1n) is 15.2. The minimum absolute atomic E-state index is 0.149. The molecule has 1 aliphatic carbocycles. The Bertz CT molecular complexity index is 2400. The number of hydrogen-bond donors (Lipinski definition) is 0. The molecule has 0 radical (unpaired) electrons. The van der Waals surface area contributed by atoms with Gasteiger partial charge in [0.2, 0.25) is 5.95 Å². The molecule has 0 unspecified atom stereocenters. The minimum Gasteiger partial charge on any atom is -0.277 e. The lowest BCUT2D eigenvalue weighted by atomic mass is 9.80. The largest absolute Gasteiger partial charge is 0.277 e. The molecule has 0 atom stereocenters. The maximum Gasteiger partial charge on any atom is 0.235 e. The molecule has 0 amide bonds. The van der Waals surface area contributed by atoms with Gasteiger partial charge >= 0.3 is 0 Å². The second kappa shape index (κ2) is 9.23. The van der Waals surface area contributed by atoms with Crippen LogP contribution >= 0.6 is 0 Å². The van der Waals surface area contributed by atoms with Crippen LogP contribution in [0.4, 0.5) is 0 Å². The summed E-state index contributed by atoms with van der Waals surface area (Å²) in [6.07, 6.45) is 1.89. The lowest BCUT2D eigenvalue weighted by Gasteiger charge is -2.23. The predicted octanol–water partition coefficient (Wildman–Crippen LogP) is 10.4. The minimum atomic E-state index is -0.149. The molecule has 0 saturated carbocycles. The van der Waals surface area contributed by atoms with Gasteiger partial charge in [0.1, 0.15) is 0 Å². The first-order valence-corrected chi connectivity index (χ1v) is 15.2. The average Bonchev–Trinajstić information content (AvgIpc) is 3.54. The summed E-state index contributed by atoms with van der Waals surface area (Å²) in [5.74, 6) is 0.682. The molecule has 8 aromatic rings. The Balaban J connectivity index is 1.29. The molecule has 208 valence electrons. The molecule has 0 bridgehead atoms. The monoisotopic (exact) mass is 563 g/mol. The van der Waals surface area contributed by atoms with E-state index < -0.39 is 0 Å². The average molecular weight is 564 g/mol. The van der Waals surface area contributed by atoms with Gasteiger partial charge in [-0.15, -0.1) is 0 Å². The van der Waals surface area contributed by atoms with Crippen molar-refractivity contribution in [3.8, 4) is 39.5 Å². The zero-order valence-corrected chi connectivity index (χ0v) is 24.6. The van der Waals surface area contributed by atoms with E-state index in [2.05, 4.69) is 140 Å². The van der Waals surface area contributed by atoms with Crippen molar-refractivity contribution in [3.63, 3.8) is 0 Å². The number of hydrogen-bond acceptors (Lipinski definition) is 2. The fourth-order valence-corrected chi connectivity index (χ4v) is 7.43. The molecule has 9 rings (SSSR count). The number of fused-ring (bicyclic) bond motifs is 9. The van der Waals surface area contributed by atoms with Gasteiger partial charge in [-0.2, -0.15) is 0 Å². The van der Waals surface area contributed by atoms with Crippen molar-refractivity contribution in [2.24, 2.45) is 0 Å². The fraction of sp³-hybridized carbons (Fsp3) is 0.0732. The van der Waals surface area contributed by atoms with E-state index in [9.17, 15) is 0 Å². The summed E-state index contributed by atoms with van der Waals surface area (Å²) in [5.41, 5.74) is 11.8. The van der Waals surface area contributed by atoms with E-state index in [1.165, 1.54) is 60.4 Å². The molecule has 44 heavy (non-hydrogen) atoms. The smallest absolute Gasteiger partial charge is 0.235 e. The molecule has 2 heterocycles. The van der Waals surface area contributed by atoms with Gasteiger partial charge in [0.05, 0.1) is 16.7 Å². The van der Waals surface area contributed by atoms with Gasteiger partial charge in [-0.05, 0) is 50.7 Å². The Kier molecular flexibility index (Phi) is 5.24. The van der Waals surface area contributed by atoms with Crippen molar-refractivity contribution in [2.45, 2.75) is 19.3 Å². The maximum absolute atomic E-state index is 5.21. The van der Waals surface area contributed by atoms with Crippen LogP contribution in [0, 0.1) is 0 Å². The molecule has 0 spiro atoms. The summed E-state index contributed by atoms with van der Waals surface area (Å²) < 4.78 is 2.28. The highest BCUT2D eigenvalue weighted by molar-refractivity contribution is 6.16. The summed E-state index contributed by atoms with van der Waals surface area (Å²) in [5, 5.41) is 5.02. The van der Waals surface area contributed by atoms with E-state index in [-0.39, 0.29) is 5.41 Å². The van der Waals surface area contributed by atoms with E-state index in [0.29, 0.717) is 5.95 Å². The molecule has 0 aliphatic heterocycles. The van der Waals surface area contributed by atoms with E-state index in [1.807, 2.05) is 18.3 Å². The maximum atomic E-state index is 5.21. The second-order valence-electron chi connectivity index (χ2n) is 12.3. The quantitative estimate of drug-likeness (QED) is 0.214. The van der Waals surface area contributed by atoms with Gasteiger partial charge in [-0.3, -0.25) is 4.57 Å². The molecular formula is C41H29N3. The predicted molar refractivity (Wildman–Crippen MR) is 182 cm³/mol. The van der Waals surface area contributed by atoms with Crippen molar-refractivity contribution >= 4 is 32.6 Å². The van der Waals surface area contributed by atoms with Gasteiger partial charge in [0, 0.05) is 33.5 Å². The van der Waals surface area contributed by atoms with Gasteiger partial charge in [0.15, 0.2) is 0 Å². The third-order valence-electron chi connectivity index (χ3n) is 9.46. The SMILES string of the molecule is CC1(C)c2ccc3c4ccccc4n(-c4nccc(-c5ccc(-c6ccccc6)cc5)n4)c3c2-c2ccc3ccccc3c21. The van der Waals surface area contributed by atoms with E-state index >= 15 is 0 Å². The van der Waals surface area contributed by atoms with Crippen molar-refractivity contribution in [1.29, 1.82) is 0 Å². The molecule has 0 fully saturated rings. The third-order valence-corrected chi connectivity index (χ3v) is 9.46. The van der Waals surface area contributed by atoms with Gasteiger partial charge in [0.25, 0.3) is 0 Å². The molecule has 0 N–H and O–H groups in total. The Morgan fingerprint density at radius 1 is 0.568 bits per heavy atom. The van der Waals surface area contributed by atoms with Crippen LogP contribution in [-0.2, 0) is 5.41 Å². The molecule has 2 aromatic heterocycles. The third kappa shape index (κ3) is 3.50. The molecule has 0 saturated heterocycles. The summed E-state index contributed by atoms with van der Waals surface area (Å²) in [4.78, 5) is 10.1. The number of benzene rings is 6. The zero-order valence-electron chi connectivity index (χ0n) is 24.6. The number of aromatic nitrogens is 3. The van der Waals surface area contributed by atoms with Crippen LogP contribution in [0.1, 0.15) is 25.0 Å². The Morgan fingerprint density at radius 2 is 1.27 bits per heavy atom. The first kappa shape index (κ1) is 25.0. The van der Waals surface area contributed by atoms with Crippen LogP contribution in [0.5, 0.6) is 0 Å². The topological polar surface area (TPSA) is 30.7 Å². The Hall–Kier alpha value is -5.54. The number of rotatable bonds is 3. The molecule has 1 aliphatic rings. The Morgan fingerprint density at radius 3 is 2.11 bits per heavy atom. The molecule has 3 heteroatoms. The van der Waals surface area contributed by atoms with Crippen LogP contribution in [0.25, 0.3) is 72.0 Å². The highest BCUT2D eigenvalue weighted by Gasteiger charge is 2.39. The lowest BCUT2D eigenvalue weighted by Crippen LogP contribution is -2.15. The van der Waals surface area contributed by atoms with Crippen molar-refractivity contribution in [3.05, 3.63) is 151 Å². The highest BCUT2D eigenvalue weighted by Crippen LogP contribution is 2.54. The normalized spacial score (nSPS) is 13.4. The van der Waals surface area contributed by atoms with Crippen molar-refractivity contribution < 1.29 is 0 Å². The lowest BCUT2D eigenvalue weighted by molar-refractivity contribution is 0.666. The summed E-state index contributed by atoms with van der Waals surface area (Å²) in [6, 6.07) is 47.7. The highest BCUT2D eigenvalue weighted by atomic mass is 15.2. The van der Waals surface area contributed by atoms with Crippen molar-refractivity contribution in [2.75, 3.05) is 0 Å².